The third-order valence-corrected chi connectivity index (χ3v) is 4.55. The van der Waals surface area contributed by atoms with Crippen LogP contribution in [0.1, 0.15) is 27.2 Å². The molecule has 2 aromatic rings. The number of hydrogen-bond acceptors (Lipinski definition) is 3. The second kappa shape index (κ2) is 7.31. The number of hydrogen-bond donors (Lipinski definition) is 1. The van der Waals surface area contributed by atoms with E-state index in [1.165, 1.54) is 4.90 Å². The second-order valence-corrected chi connectivity index (χ2v) is 7.53. The Hall–Kier alpha value is -3.02. The van der Waals surface area contributed by atoms with Crippen molar-refractivity contribution in [2.45, 2.75) is 38.8 Å². The van der Waals surface area contributed by atoms with E-state index in [4.69, 9.17) is 4.74 Å². The normalized spacial score (nSPS) is 17.1. The Labute approximate surface area is 159 Å². The zero-order valence-corrected chi connectivity index (χ0v) is 15.8. The number of carbonyl (C=O) groups is 2. The molecule has 2 aromatic carbocycles. The average molecular weight is 368 g/mol. The minimum Gasteiger partial charge on any atom is -0.465 e. The highest BCUT2D eigenvalue weighted by atomic mass is 16.5. The molecule has 1 N–H and O–H groups in total. The van der Waals surface area contributed by atoms with Gasteiger partial charge >= 0.3 is 6.09 Å². The summed E-state index contributed by atoms with van der Waals surface area (Å²) < 4.78 is 5.77. The Balaban J connectivity index is 1.74. The van der Waals surface area contributed by atoms with Crippen LogP contribution in [0.4, 0.5) is 10.5 Å². The summed E-state index contributed by atoms with van der Waals surface area (Å²) in [5.74, 6) is 1.23. The molecule has 6 heteroatoms. The fourth-order valence-corrected chi connectivity index (χ4v) is 3.37. The van der Waals surface area contributed by atoms with E-state index in [2.05, 4.69) is 0 Å². The highest BCUT2D eigenvalue weighted by Gasteiger charge is 2.43. The van der Waals surface area contributed by atoms with Gasteiger partial charge in [-0.3, -0.25) is 9.69 Å². The Kier molecular flexibility index (Phi) is 5.08. The van der Waals surface area contributed by atoms with Crippen molar-refractivity contribution in [2.75, 3.05) is 11.4 Å². The molecule has 2 amide bonds. The molecular weight excluding hydrogens is 344 g/mol. The van der Waals surface area contributed by atoms with E-state index in [1.807, 2.05) is 54.6 Å². The van der Waals surface area contributed by atoms with Gasteiger partial charge in [-0.25, -0.2) is 4.79 Å². The van der Waals surface area contributed by atoms with E-state index >= 15 is 0 Å². The lowest BCUT2D eigenvalue weighted by molar-refractivity contribution is -0.122. The Morgan fingerprint density at radius 3 is 2.22 bits per heavy atom. The summed E-state index contributed by atoms with van der Waals surface area (Å²) in [7, 11) is 0. The molecule has 1 fully saturated rings. The van der Waals surface area contributed by atoms with Crippen molar-refractivity contribution in [3.63, 3.8) is 0 Å². The van der Waals surface area contributed by atoms with Crippen LogP contribution >= 0.6 is 0 Å². The molecule has 6 nitrogen and oxygen atoms in total. The van der Waals surface area contributed by atoms with Gasteiger partial charge in [0.2, 0.25) is 5.91 Å². The van der Waals surface area contributed by atoms with Crippen LogP contribution in [0.15, 0.2) is 54.6 Å². The number of amides is 2. The highest BCUT2D eigenvalue weighted by molar-refractivity contribution is 6.00. The Bertz CT molecular complexity index is 812. The van der Waals surface area contributed by atoms with Crippen molar-refractivity contribution in [3.8, 4) is 11.5 Å². The maximum absolute atomic E-state index is 12.9. The topological polar surface area (TPSA) is 70.1 Å². The van der Waals surface area contributed by atoms with Crippen molar-refractivity contribution in [2.24, 2.45) is 0 Å². The molecule has 1 atom stereocenters. The summed E-state index contributed by atoms with van der Waals surface area (Å²) in [5, 5.41) is 9.56. The number of rotatable bonds is 4. The van der Waals surface area contributed by atoms with Crippen LogP contribution in [-0.2, 0) is 4.79 Å². The number of nitrogens with zero attached hydrogens (tertiary/aromatic N) is 2. The molecule has 1 aliphatic rings. The lowest BCUT2D eigenvalue weighted by Gasteiger charge is -2.36. The van der Waals surface area contributed by atoms with E-state index in [9.17, 15) is 14.7 Å². The first-order valence-corrected chi connectivity index (χ1v) is 8.94. The quantitative estimate of drug-likeness (QED) is 0.870. The predicted octanol–water partition coefficient (Wildman–Crippen LogP) is 4.36. The summed E-state index contributed by atoms with van der Waals surface area (Å²) in [6, 6.07) is 16.0. The molecule has 0 spiro atoms. The van der Waals surface area contributed by atoms with Gasteiger partial charge in [0.25, 0.3) is 0 Å². The van der Waals surface area contributed by atoms with E-state index < -0.39 is 17.7 Å². The van der Waals surface area contributed by atoms with Crippen molar-refractivity contribution in [3.05, 3.63) is 54.6 Å². The fourth-order valence-electron chi connectivity index (χ4n) is 3.37. The van der Waals surface area contributed by atoms with E-state index in [0.29, 0.717) is 18.7 Å². The molecule has 1 saturated heterocycles. The summed E-state index contributed by atoms with van der Waals surface area (Å²) in [6.07, 6.45) is -0.598. The third-order valence-electron chi connectivity index (χ3n) is 4.55. The van der Waals surface area contributed by atoms with Crippen LogP contribution in [0, 0.1) is 0 Å². The zero-order valence-electron chi connectivity index (χ0n) is 15.8. The first kappa shape index (κ1) is 18.8. The Morgan fingerprint density at radius 2 is 1.67 bits per heavy atom. The molecule has 1 aliphatic heterocycles. The molecule has 0 saturated carbocycles. The lowest BCUT2D eigenvalue weighted by atomic mass is 10.0. The van der Waals surface area contributed by atoms with Gasteiger partial charge in [0.15, 0.2) is 0 Å². The number of benzene rings is 2. The monoisotopic (exact) mass is 368 g/mol. The van der Waals surface area contributed by atoms with Crippen LogP contribution in [-0.4, -0.2) is 40.1 Å². The van der Waals surface area contributed by atoms with E-state index in [1.54, 1.807) is 25.7 Å². The van der Waals surface area contributed by atoms with Gasteiger partial charge in [-0.15, -0.1) is 0 Å². The minimum atomic E-state index is -1.07. The van der Waals surface area contributed by atoms with Crippen LogP contribution in [0.2, 0.25) is 0 Å². The maximum Gasteiger partial charge on any atom is 0.408 e. The maximum atomic E-state index is 12.9. The molecule has 1 heterocycles. The summed E-state index contributed by atoms with van der Waals surface area (Å²) in [4.78, 5) is 27.4. The van der Waals surface area contributed by atoms with E-state index in [-0.39, 0.29) is 5.91 Å². The van der Waals surface area contributed by atoms with Crippen LogP contribution in [0.5, 0.6) is 11.5 Å². The largest absolute Gasteiger partial charge is 0.465 e. The zero-order chi connectivity index (χ0) is 19.6. The van der Waals surface area contributed by atoms with Gasteiger partial charge in [0.05, 0.1) is 0 Å². The SMILES string of the molecule is CC(C)(C)N(C(=O)O)[C@H]1CCN(c2ccc(Oc3ccccc3)cc2)C1=O. The minimum absolute atomic E-state index is 0.191. The number of carboxylic acid groups (broad SMARTS) is 1. The molecule has 0 bridgehead atoms. The number of anilines is 1. The molecule has 0 aromatic heterocycles. The average Bonchev–Trinajstić information content (AvgIpc) is 2.96. The van der Waals surface area contributed by atoms with E-state index in [0.717, 1.165) is 11.4 Å². The second-order valence-electron chi connectivity index (χ2n) is 7.53. The fraction of sp³-hybridized carbons (Fsp3) is 0.333. The van der Waals surface area contributed by atoms with Gasteiger partial charge in [-0.05, 0) is 63.6 Å². The first-order chi connectivity index (χ1) is 12.8. The number of para-hydroxylation sites is 1. The lowest BCUT2D eigenvalue weighted by Crippen LogP contribution is -2.54. The molecular formula is C21H24N2O4. The summed E-state index contributed by atoms with van der Waals surface area (Å²) >= 11 is 0. The molecule has 27 heavy (non-hydrogen) atoms. The van der Waals surface area contributed by atoms with Gasteiger partial charge < -0.3 is 14.7 Å². The van der Waals surface area contributed by atoms with Crippen molar-refractivity contribution in [1.29, 1.82) is 0 Å². The molecule has 0 radical (unpaired) electrons. The van der Waals surface area contributed by atoms with Crippen molar-refractivity contribution in [1.82, 2.24) is 4.90 Å². The van der Waals surface area contributed by atoms with Crippen molar-refractivity contribution < 1.29 is 19.4 Å². The highest BCUT2D eigenvalue weighted by Crippen LogP contribution is 2.30. The molecule has 0 unspecified atom stereocenters. The smallest absolute Gasteiger partial charge is 0.408 e. The van der Waals surface area contributed by atoms with Gasteiger partial charge in [0, 0.05) is 17.8 Å². The number of carbonyl (C=O) groups excluding carboxylic acids is 1. The van der Waals surface area contributed by atoms with Crippen LogP contribution in [0.25, 0.3) is 0 Å². The Morgan fingerprint density at radius 1 is 1.07 bits per heavy atom. The number of ether oxygens (including phenoxy) is 1. The molecule has 0 aliphatic carbocycles. The van der Waals surface area contributed by atoms with Gasteiger partial charge in [0.1, 0.15) is 17.5 Å². The molecule has 142 valence electrons. The molecule has 3 rings (SSSR count). The third kappa shape index (κ3) is 4.05. The van der Waals surface area contributed by atoms with Crippen LogP contribution < -0.4 is 9.64 Å². The first-order valence-electron chi connectivity index (χ1n) is 8.94. The standard InChI is InChI=1S/C21H24N2O4/c1-21(2,3)23(20(25)26)18-13-14-22(19(18)24)15-9-11-17(12-10-15)27-16-7-5-4-6-8-16/h4-12,18H,13-14H2,1-3H3,(H,25,26)/t18-/m0/s1. The predicted molar refractivity (Wildman–Crippen MR) is 103 cm³/mol. The van der Waals surface area contributed by atoms with Crippen molar-refractivity contribution >= 4 is 17.7 Å². The summed E-state index contributed by atoms with van der Waals surface area (Å²) in [5.41, 5.74) is 0.0948. The van der Waals surface area contributed by atoms with Crippen LogP contribution in [0.3, 0.4) is 0 Å². The van der Waals surface area contributed by atoms with Gasteiger partial charge in [-0.2, -0.15) is 0 Å². The van der Waals surface area contributed by atoms with Gasteiger partial charge in [-0.1, -0.05) is 18.2 Å². The summed E-state index contributed by atoms with van der Waals surface area (Å²) in [6.45, 7) is 5.88.